The van der Waals surface area contributed by atoms with Crippen LogP contribution in [0.1, 0.15) is 11.5 Å². The molecule has 1 aromatic rings. The molecule has 0 saturated heterocycles. The Morgan fingerprint density at radius 3 is 2.53 bits per heavy atom. The maximum Gasteiger partial charge on any atom is 0.310 e. The minimum atomic E-state index is -1.21. The number of hydrogen-bond donors (Lipinski definition) is 1. The van der Waals surface area contributed by atoms with E-state index in [2.05, 4.69) is 0 Å². The summed E-state index contributed by atoms with van der Waals surface area (Å²) in [6, 6.07) is 6.93. The summed E-state index contributed by atoms with van der Waals surface area (Å²) in [5.41, 5.74) is 0.764. The normalized spacial score (nSPS) is 27.4. The van der Waals surface area contributed by atoms with Gasteiger partial charge in [0.1, 0.15) is 4.33 Å². The SMILES string of the molecule is O=C(O)C1C(c2cccc(Cl)c2)C1(Cl)Cl. The highest BCUT2D eigenvalue weighted by molar-refractivity contribution is 6.53. The number of carboxylic acids is 1. The van der Waals surface area contributed by atoms with Gasteiger partial charge in [0, 0.05) is 10.9 Å². The molecule has 0 spiro atoms. The number of carbonyl (C=O) groups is 1. The van der Waals surface area contributed by atoms with E-state index in [0.29, 0.717) is 5.02 Å². The summed E-state index contributed by atoms with van der Waals surface area (Å²) in [6.45, 7) is 0. The van der Waals surface area contributed by atoms with Crippen molar-refractivity contribution in [2.24, 2.45) is 5.92 Å². The Kier molecular flexibility index (Phi) is 2.61. The molecule has 1 fully saturated rings. The van der Waals surface area contributed by atoms with Crippen LogP contribution in [-0.4, -0.2) is 15.4 Å². The third kappa shape index (κ3) is 1.82. The molecule has 5 heteroatoms. The van der Waals surface area contributed by atoms with E-state index in [1.165, 1.54) is 0 Å². The fraction of sp³-hybridized carbons (Fsp3) is 0.300. The van der Waals surface area contributed by atoms with Crippen LogP contribution >= 0.6 is 34.8 Å². The highest BCUT2D eigenvalue weighted by Gasteiger charge is 2.68. The van der Waals surface area contributed by atoms with Crippen LogP contribution in [-0.2, 0) is 4.79 Å². The van der Waals surface area contributed by atoms with Crippen molar-refractivity contribution in [3.05, 3.63) is 34.9 Å². The lowest BCUT2D eigenvalue weighted by atomic mass is 10.1. The van der Waals surface area contributed by atoms with E-state index in [1.54, 1.807) is 24.3 Å². The zero-order valence-electron chi connectivity index (χ0n) is 7.45. The summed E-state index contributed by atoms with van der Waals surface area (Å²) in [6.07, 6.45) is 0. The summed E-state index contributed by atoms with van der Waals surface area (Å²) >= 11 is 17.6. The van der Waals surface area contributed by atoms with Crippen LogP contribution in [0.2, 0.25) is 5.02 Å². The molecule has 1 aliphatic carbocycles. The molecule has 80 valence electrons. The largest absolute Gasteiger partial charge is 0.481 e. The number of hydrogen-bond acceptors (Lipinski definition) is 1. The second-order valence-corrected chi connectivity index (χ2v) is 5.40. The van der Waals surface area contributed by atoms with E-state index in [4.69, 9.17) is 39.9 Å². The van der Waals surface area contributed by atoms with Gasteiger partial charge < -0.3 is 5.11 Å². The second kappa shape index (κ2) is 3.55. The highest BCUT2D eigenvalue weighted by atomic mass is 35.5. The minimum Gasteiger partial charge on any atom is -0.481 e. The lowest BCUT2D eigenvalue weighted by molar-refractivity contribution is -0.138. The van der Waals surface area contributed by atoms with Gasteiger partial charge in [-0.15, -0.1) is 0 Å². The number of carboxylic acid groups (broad SMARTS) is 1. The fourth-order valence-electron chi connectivity index (χ4n) is 1.75. The summed E-state index contributed by atoms with van der Waals surface area (Å²) < 4.78 is -1.21. The van der Waals surface area contributed by atoms with E-state index in [0.717, 1.165) is 5.56 Å². The molecule has 0 aliphatic heterocycles. The van der Waals surface area contributed by atoms with Crippen LogP contribution in [0.25, 0.3) is 0 Å². The Labute approximate surface area is 102 Å². The number of benzene rings is 1. The quantitative estimate of drug-likeness (QED) is 0.833. The standard InChI is InChI=1S/C10H7Cl3O2/c11-6-3-1-2-5(4-6)7-8(9(14)15)10(7,12)13/h1-4,7-8H,(H,14,15). The minimum absolute atomic E-state index is 0.378. The molecule has 1 aromatic carbocycles. The average Bonchev–Trinajstić information content (AvgIpc) is 2.69. The van der Waals surface area contributed by atoms with Crippen LogP contribution in [0.4, 0.5) is 0 Å². The van der Waals surface area contributed by atoms with Crippen LogP contribution in [0, 0.1) is 5.92 Å². The van der Waals surface area contributed by atoms with E-state index in [9.17, 15) is 4.79 Å². The third-order valence-electron chi connectivity index (χ3n) is 2.53. The van der Waals surface area contributed by atoms with Gasteiger partial charge in [0.2, 0.25) is 0 Å². The third-order valence-corrected chi connectivity index (χ3v) is 3.70. The van der Waals surface area contributed by atoms with Gasteiger partial charge in [-0.2, -0.15) is 0 Å². The summed E-state index contributed by atoms with van der Waals surface area (Å²) in [5.74, 6) is -2.11. The Hall–Kier alpha value is -0.440. The predicted octanol–water partition coefficient (Wildman–Crippen LogP) is 3.31. The first-order valence-electron chi connectivity index (χ1n) is 4.30. The lowest BCUT2D eigenvalue weighted by Crippen LogP contribution is -2.03. The molecule has 1 saturated carbocycles. The number of rotatable bonds is 2. The van der Waals surface area contributed by atoms with Crippen molar-refractivity contribution < 1.29 is 9.90 Å². The molecule has 0 aromatic heterocycles. The summed E-state index contributed by atoms with van der Waals surface area (Å²) in [4.78, 5) is 10.8. The molecular formula is C10H7Cl3O2. The Bertz CT molecular complexity index is 417. The van der Waals surface area contributed by atoms with Crippen molar-refractivity contribution >= 4 is 40.8 Å². The number of aliphatic carboxylic acids is 1. The van der Waals surface area contributed by atoms with E-state index < -0.39 is 16.2 Å². The second-order valence-electron chi connectivity index (χ2n) is 3.52. The van der Waals surface area contributed by atoms with Crippen LogP contribution in [0.5, 0.6) is 0 Å². The molecule has 0 radical (unpaired) electrons. The zero-order chi connectivity index (χ0) is 11.2. The molecule has 2 rings (SSSR count). The van der Waals surface area contributed by atoms with Gasteiger partial charge in [0.15, 0.2) is 0 Å². The van der Waals surface area contributed by atoms with Gasteiger partial charge in [-0.1, -0.05) is 46.9 Å². The fourth-order valence-corrected chi connectivity index (χ4v) is 2.76. The van der Waals surface area contributed by atoms with Gasteiger partial charge in [-0.25, -0.2) is 0 Å². The van der Waals surface area contributed by atoms with Crippen molar-refractivity contribution in [3.8, 4) is 0 Å². The van der Waals surface area contributed by atoms with Crippen LogP contribution in [0.15, 0.2) is 24.3 Å². The van der Waals surface area contributed by atoms with Gasteiger partial charge in [-0.05, 0) is 17.7 Å². The molecule has 1 aliphatic rings. The van der Waals surface area contributed by atoms with Gasteiger partial charge in [0.25, 0.3) is 0 Å². The Balaban J connectivity index is 2.31. The summed E-state index contributed by atoms with van der Waals surface area (Å²) in [5, 5.41) is 9.44. The lowest BCUT2D eigenvalue weighted by Gasteiger charge is -1.99. The zero-order valence-corrected chi connectivity index (χ0v) is 9.72. The topological polar surface area (TPSA) is 37.3 Å². The molecule has 1 N–H and O–H groups in total. The maximum atomic E-state index is 10.8. The van der Waals surface area contributed by atoms with Crippen molar-refractivity contribution in [3.63, 3.8) is 0 Å². The van der Waals surface area contributed by atoms with E-state index in [-0.39, 0.29) is 5.92 Å². The van der Waals surface area contributed by atoms with Crippen molar-refractivity contribution in [1.29, 1.82) is 0 Å². The van der Waals surface area contributed by atoms with Gasteiger partial charge >= 0.3 is 5.97 Å². The molecule has 2 unspecified atom stereocenters. The smallest absolute Gasteiger partial charge is 0.310 e. The highest BCUT2D eigenvalue weighted by Crippen LogP contribution is 2.65. The molecule has 2 atom stereocenters. The molecule has 2 nitrogen and oxygen atoms in total. The van der Waals surface area contributed by atoms with Crippen LogP contribution in [0.3, 0.4) is 0 Å². The summed E-state index contributed by atoms with van der Waals surface area (Å²) in [7, 11) is 0. The van der Waals surface area contributed by atoms with Crippen molar-refractivity contribution in [2.75, 3.05) is 0 Å². The number of alkyl halides is 2. The number of halogens is 3. The molecule has 0 bridgehead atoms. The first-order valence-corrected chi connectivity index (χ1v) is 5.44. The molecule has 15 heavy (non-hydrogen) atoms. The first kappa shape index (κ1) is 11.1. The molecular weight excluding hydrogens is 258 g/mol. The average molecular weight is 266 g/mol. The first-order chi connectivity index (χ1) is 6.94. The van der Waals surface area contributed by atoms with Crippen LogP contribution < -0.4 is 0 Å². The Morgan fingerprint density at radius 1 is 1.40 bits per heavy atom. The molecule has 0 amide bonds. The van der Waals surface area contributed by atoms with E-state index in [1.807, 2.05) is 0 Å². The molecule has 0 heterocycles. The van der Waals surface area contributed by atoms with Crippen molar-refractivity contribution in [1.82, 2.24) is 0 Å². The van der Waals surface area contributed by atoms with Gasteiger partial charge in [-0.3, -0.25) is 4.79 Å². The monoisotopic (exact) mass is 264 g/mol. The Morgan fingerprint density at radius 2 is 2.07 bits per heavy atom. The van der Waals surface area contributed by atoms with E-state index >= 15 is 0 Å². The van der Waals surface area contributed by atoms with Crippen molar-refractivity contribution in [2.45, 2.75) is 10.3 Å². The van der Waals surface area contributed by atoms with Gasteiger partial charge in [0.05, 0.1) is 5.92 Å². The predicted molar refractivity (Wildman–Crippen MR) is 59.8 cm³/mol. The maximum absolute atomic E-state index is 10.8.